The van der Waals surface area contributed by atoms with E-state index < -0.39 is 0 Å². The number of rotatable bonds is 0. The van der Waals surface area contributed by atoms with Crippen LogP contribution in [0, 0.1) is 35.5 Å². The molecule has 2 aliphatic carbocycles. The molecule has 2 rings (SSSR count). The minimum absolute atomic E-state index is 1.02. The largest absolute Gasteiger partial charge is 0.0620 e. The minimum atomic E-state index is 1.02. The molecule has 0 aromatic carbocycles. The van der Waals surface area contributed by atoms with Crippen molar-refractivity contribution in [1.29, 1.82) is 0 Å². The van der Waals surface area contributed by atoms with E-state index in [0.29, 0.717) is 0 Å². The highest BCUT2D eigenvalue weighted by Gasteiger charge is 2.59. The first-order valence-corrected chi connectivity index (χ1v) is 4.64. The van der Waals surface area contributed by atoms with Crippen molar-refractivity contribution in [1.82, 2.24) is 0 Å². The summed E-state index contributed by atoms with van der Waals surface area (Å²) in [6.45, 7) is 9.70. The van der Waals surface area contributed by atoms with Gasteiger partial charge >= 0.3 is 0 Å². The fraction of sp³-hybridized carbons (Fsp3) is 1.00. The maximum Gasteiger partial charge on any atom is -0.0324 e. The second-order valence-electron chi connectivity index (χ2n) is 4.59. The maximum atomic E-state index is 2.42. The summed E-state index contributed by atoms with van der Waals surface area (Å²) >= 11 is 0. The molecular weight excluding hydrogens is 120 g/mol. The first-order chi connectivity index (χ1) is 4.64. The van der Waals surface area contributed by atoms with E-state index in [1.807, 2.05) is 0 Å². The first-order valence-electron chi connectivity index (χ1n) is 4.64. The molecule has 58 valence electrons. The third-order valence-electron chi connectivity index (χ3n) is 4.53. The molecule has 0 N–H and O–H groups in total. The summed E-state index contributed by atoms with van der Waals surface area (Å²) in [5, 5.41) is 0. The van der Waals surface area contributed by atoms with Crippen LogP contribution >= 0.6 is 0 Å². The molecule has 0 amide bonds. The standard InChI is InChI=1S/C10H18/c1-5-6(2)10-8(4)7(3)9(5)10/h5-10H,1-4H3/t5-,6+,7?,8?,9?,10?. The highest BCUT2D eigenvalue weighted by Crippen LogP contribution is 2.63. The van der Waals surface area contributed by atoms with Gasteiger partial charge in [-0.15, -0.1) is 0 Å². The van der Waals surface area contributed by atoms with Gasteiger partial charge in [-0.2, -0.15) is 0 Å². The molecule has 2 aliphatic rings. The number of hydrogen-bond donors (Lipinski definition) is 0. The normalized spacial score (nSPS) is 66.0. The molecule has 6 atom stereocenters. The Morgan fingerprint density at radius 1 is 0.500 bits per heavy atom. The van der Waals surface area contributed by atoms with Crippen LogP contribution in [0.2, 0.25) is 0 Å². The molecule has 0 aromatic rings. The van der Waals surface area contributed by atoms with Gasteiger partial charge in [0.1, 0.15) is 0 Å². The smallest absolute Gasteiger partial charge is 0.0324 e. The summed E-state index contributed by atoms with van der Waals surface area (Å²) in [6, 6.07) is 0. The average molecular weight is 138 g/mol. The van der Waals surface area contributed by atoms with Gasteiger partial charge in [0.05, 0.1) is 0 Å². The second-order valence-corrected chi connectivity index (χ2v) is 4.59. The van der Waals surface area contributed by atoms with Gasteiger partial charge in [-0.1, -0.05) is 27.7 Å². The molecule has 0 bridgehead atoms. The van der Waals surface area contributed by atoms with E-state index in [0.717, 1.165) is 35.5 Å². The van der Waals surface area contributed by atoms with Crippen LogP contribution in [0.25, 0.3) is 0 Å². The Kier molecular flexibility index (Phi) is 1.19. The zero-order chi connectivity index (χ0) is 7.46. The van der Waals surface area contributed by atoms with Gasteiger partial charge in [0, 0.05) is 0 Å². The van der Waals surface area contributed by atoms with Gasteiger partial charge in [0.2, 0.25) is 0 Å². The lowest BCUT2D eigenvalue weighted by Gasteiger charge is -2.65. The summed E-state index contributed by atoms with van der Waals surface area (Å²) in [6.07, 6.45) is 0. The molecule has 2 fully saturated rings. The topological polar surface area (TPSA) is 0 Å². The quantitative estimate of drug-likeness (QED) is 0.483. The zero-order valence-corrected chi connectivity index (χ0v) is 7.46. The molecule has 0 heterocycles. The van der Waals surface area contributed by atoms with Crippen molar-refractivity contribution < 1.29 is 0 Å². The third-order valence-corrected chi connectivity index (χ3v) is 4.53. The summed E-state index contributed by atoms with van der Waals surface area (Å²) in [5.41, 5.74) is 0. The summed E-state index contributed by atoms with van der Waals surface area (Å²) in [4.78, 5) is 0. The van der Waals surface area contributed by atoms with Gasteiger partial charge in [0.15, 0.2) is 0 Å². The Balaban J connectivity index is 2.07. The predicted octanol–water partition coefficient (Wildman–Crippen LogP) is 2.79. The Morgan fingerprint density at radius 3 is 0.900 bits per heavy atom. The lowest BCUT2D eigenvalue weighted by Crippen LogP contribution is -2.61. The molecule has 0 saturated heterocycles. The molecule has 0 nitrogen and oxygen atoms in total. The third kappa shape index (κ3) is 0.500. The fourth-order valence-corrected chi connectivity index (χ4v) is 3.47. The maximum absolute atomic E-state index is 2.42. The van der Waals surface area contributed by atoms with Gasteiger partial charge in [0.25, 0.3) is 0 Å². The number of hydrogen-bond acceptors (Lipinski definition) is 0. The molecule has 0 spiro atoms. The minimum Gasteiger partial charge on any atom is -0.0620 e. The Morgan fingerprint density at radius 2 is 0.700 bits per heavy atom. The van der Waals surface area contributed by atoms with E-state index in [9.17, 15) is 0 Å². The zero-order valence-electron chi connectivity index (χ0n) is 7.46. The Bertz CT molecular complexity index is 116. The van der Waals surface area contributed by atoms with Crippen LogP contribution in [0.4, 0.5) is 0 Å². The SMILES string of the molecule is CC1C(C)C2C1[C@@H](C)[C@H]2C. The van der Waals surface area contributed by atoms with E-state index in [1.165, 1.54) is 0 Å². The molecule has 0 heteroatoms. The molecule has 2 saturated carbocycles. The van der Waals surface area contributed by atoms with Gasteiger partial charge in [-0.25, -0.2) is 0 Å². The lowest BCUT2D eigenvalue weighted by molar-refractivity contribution is -0.178. The van der Waals surface area contributed by atoms with Crippen molar-refractivity contribution in [3.05, 3.63) is 0 Å². The molecule has 0 radical (unpaired) electrons. The Hall–Kier alpha value is 0. The summed E-state index contributed by atoms with van der Waals surface area (Å²) < 4.78 is 0. The monoisotopic (exact) mass is 138 g/mol. The van der Waals surface area contributed by atoms with Crippen LogP contribution in [-0.2, 0) is 0 Å². The van der Waals surface area contributed by atoms with Gasteiger partial charge < -0.3 is 0 Å². The van der Waals surface area contributed by atoms with Crippen LogP contribution in [0.3, 0.4) is 0 Å². The van der Waals surface area contributed by atoms with Crippen LogP contribution in [-0.4, -0.2) is 0 Å². The van der Waals surface area contributed by atoms with E-state index in [1.54, 1.807) is 0 Å². The second kappa shape index (κ2) is 1.78. The molecular formula is C10H18. The predicted molar refractivity (Wildman–Crippen MR) is 43.6 cm³/mol. The highest BCUT2D eigenvalue weighted by atomic mass is 14.6. The number of fused-ring (bicyclic) bond motifs is 1. The molecule has 0 aliphatic heterocycles. The fourth-order valence-electron chi connectivity index (χ4n) is 3.47. The molecule has 4 unspecified atom stereocenters. The van der Waals surface area contributed by atoms with E-state index in [2.05, 4.69) is 27.7 Å². The summed E-state index contributed by atoms with van der Waals surface area (Å²) in [7, 11) is 0. The average Bonchev–Trinajstić information content (AvgIpc) is 1.95. The Labute approximate surface area is 64.0 Å². The molecule has 10 heavy (non-hydrogen) atoms. The van der Waals surface area contributed by atoms with Crippen molar-refractivity contribution in [3.63, 3.8) is 0 Å². The lowest BCUT2D eigenvalue weighted by atomic mass is 9.39. The van der Waals surface area contributed by atoms with E-state index in [-0.39, 0.29) is 0 Å². The van der Waals surface area contributed by atoms with E-state index in [4.69, 9.17) is 0 Å². The highest BCUT2D eigenvalue weighted by molar-refractivity contribution is 5.06. The molecule has 0 aromatic heterocycles. The van der Waals surface area contributed by atoms with Crippen LogP contribution in [0.15, 0.2) is 0 Å². The van der Waals surface area contributed by atoms with Gasteiger partial charge in [-0.3, -0.25) is 0 Å². The van der Waals surface area contributed by atoms with Crippen LogP contribution < -0.4 is 0 Å². The van der Waals surface area contributed by atoms with Crippen molar-refractivity contribution in [2.24, 2.45) is 35.5 Å². The van der Waals surface area contributed by atoms with Crippen LogP contribution in [0.1, 0.15) is 27.7 Å². The van der Waals surface area contributed by atoms with Crippen molar-refractivity contribution >= 4 is 0 Å². The van der Waals surface area contributed by atoms with Crippen molar-refractivity contribution in [2.45, 2.75) is 27.7 Å². The summed E-state index contributed by atoms with van der Waals surface area (Å²) in [5.74, 6) is 6.30. The van der Waals surface area contributed by atoms with Crippen molar-refractivity contribution in [3.8, 4) is 0 Å². The van der Waals surface area contributed by atoms with E-state index >= 15 is 0 Å². The first kappa shape index (κ1) is 6.69. The van der Waals surface area contributed by atoms with Gasteiger partial charge in [-0.05, 0) is 35.5 Å². The van der Waals surface area contributed by atoms with Crippen molar-refractivity contribution in [2.75, 3.05) is 0 Å². The van der Waals surface area contributed by atoms with Crippen LogP contribution in [0.5, 0.6) is 0 Å².